The van der Waals surface area contributed by atoms with Gasteiger partial charge in [-0.1, -0.05) is 30.3 Å². The summed E-state index contributed by atoms with van der Waals surface area (Å²) >= 11 is 0. The van der Waals surface area contributed by atoms with Crippen LogP contribution in [0.15, 0.2) is 30.3 Å². The van der Waals surface area contributed by atoms with E-state index in [0.717, 1.165) is 5.56 Å². The lowest BCUT2D eigenvalue weighted by Gasteiger charge is -2.29. The lowest BCUT2D eigenvalue weighted by Crippen LogP contribution is -2.56. The van der Waals surface area contributed by atoms with Crippen molar-refractivity contribution in [1.29, 1.82) is 0 Å². The van der Waals surface area contributed by atoms with Gasteiger partial charge < -0.3 is 19.5 Å². The van der Waals surface area contributed by atoms with Crippen molar-refractivity contribution in [3.63, 3.8) is 0 Å². The quantitative estimate of drug-likeness (QED) is 0.814. The van der Waals surface area contributed by atoms with E-state index in [-0.39, 0.29) is 13.2 Å². The molecule has 1 aromatic carbocycles. The number of benzene rings is 1. The molecule has 1 N–H and O–H groups in total. The monoisotopic (exact) mass is 324 g/mol. The highest BCUT2D eigenvalue weighted by Crippen LogP contribution is 2.13. The molecule has 0 saturated carbocycles. The number of ether oxygens (including phenoxy) is 3. The standard InChI is InChI=1S/C17H25NO5/c1-16(2,3)23-15(20)18-17(4,14(19)21-5)12-22-11-13-9-7-6-8-10-13/h6-10H,11-12H2,1-5H3,(H,18,20)/t17-/m0/s1/i4D. The molecule has 0 aromatic heterocycles. The Labute approximate surface area is 138 Å². The molecule has 0 fully saturated rings. The topological polar surface area (TPSA) is 73.9 Å². The van der Waals surface area contributed by atoms with Crippen LogP contribution in [0.2, 0.25) is 0 Å². The number of nitrogens with one attached hydrogen (secondary N) is 1. The maximum absolute atomic E-state index is 12.1. The molecule has 23 heavy (non-hydrogen) atoms. The van der Waals surface area contributed by atoms with Gasteiger partial charge in [-0.05, 0) is 33.2 Å². The molecule has 0 aliphatic heterocycles. The number of rotatable bonds is 6. The second-order valence-corrected chi connectivity index (χ2v) is 6.18. The molecule has 1 amide bonds. The summed E-state index contributed by atoms with van der Waals surface area (Å²) < 4.78 is 23.1. The summed E-state index contributed by atoms with van der Waals surface area (Å²) in [5, 5.41) is 2.43. The number of methoxy groups -OCH3 is 1. The molecule has 1 atom stereocenters. The van der Waals surface area contributed by atoms with Crippen LogP contribution >= 0.6 is 0 Å². The Hall–Kier alpha value is -2.08. The third kappa shape index (κ3) is 6.69. The first-order valence-corrected chi connectivity index (χ1v) is 7.23. The van der Waals surface area contributed by atoms with Gasteiger partial charge in [0.05, 0.1) is 20.3 Å². The largest absolute Gasteiger partial charge is 0.467 e. The summed E-state index contributed by atoms with van der Waals surface area (Å²) in [6.45, 7) is 4.73. The minimum Gasteiger partial charge on any atom is -0.467 e. The fourth-order valence-corrected chi connectivity index (χ4v) is 1.76. The van der Waals surface area contributed by atoms with Crippen LogP contribution < -0.4 is 5.32 Å². The minimum atomic E-state index is -1.62. The zero-order valence-corrected chi connectivity index (χ0v) is 14.0. The summed E-state index contributed by atoms with van der Waals surface area (Å²) in [6, 6.07) is 9.38. The van der Waals surface area contributed by atoms with Crippen LogP contribution in [-0.2, 0) is 25.6 Å². The summed E-state index contributed by atoms with van der Waals surface area (Å²) in [4.78, 5) is 24.1. The van der Waals surface area contributed by atoms with E-state index in [1.807, 2.05) is 30.3 Å². The molecule has 0 bridgehead atoms. The fraction of sp³-hybridized carbons (Fsp3) is 0.529. The van der Waals surface area contributed by atoms with Crippen LogP contribution in [0.25, 0.3) is 0 Å². The van der Waals surface area contributed by atoms with E-state index in [1.54, 1.807) is 20.8 Å². The van der Waals surface area contributed by atoms with Crippen molar-refractivity contribution in [3.8, 4) is 0 Å². The fourth-order valence-electron chi connectivity index (χ4n) is 1.76. The Balaban J connectivity index is 2.78. The van der Waals surface area contributed by atoms with Crippen molar-refractivity contribution in [3.05, 3.63) is 35.9 Å². The highest BCUT2D eigenvalue weighted by atomic mass is 16.6. The van der Waals surface area contributed by atoms with E-state index in [9.17, 15) is 9.59 Å². The van der Waals surface area contributed by atoms with E-state index < -0.39 is 30.1 Å². The molecule has 0 spiro atoms. The molecule has 0 saturated heterocycles. The average Bonchev–Trinajstić information content (AvgIpc) is 2.52. The van der Waals surface area contributed by atoms with Gasteiger partial charge in [-0.3, -0.25) is 0 Å². The second-order valence-electron chi connectivity index (χ2n) is 6.18. The Kier molecular flexibility index (Phi) is 5.98. The van der Waals surface area contributed by atoms with Gasteiger partial charge >= 0.3 is 12.1 Å². The molecule has 128 valence electrons. The number of hydrogen-bond donors (Lipinski definition) is 1. The lowest BCUT2D eigenvalue weighted by molar-refractivity contribution is -0.150. The van der Waals surface area contributed by atoms with Crippen molar-refractivity contribution in [1.82, 2.24) is 5.32 Å². The summed E-state index contributed by atoms with van der Waals surface area (Å²) in [5.74, 6) is -0.753. The Morgan fingerprint density at radius 3 is 2.39 bits per heavy atom. The van der Waals surface area contributed by atoms with Crippen LogP contribution in [0.3, 0.4) is 0 Å². The van der Waals surface area contributed by atoms with Gasteiger partial charge in [0, 0.05) is 1.37 Å². The lowest BCUT2D eigenvalue weighted by atomic mass is 10.0. The predicted molar refractivity (Wildman–Crippen MR) is 85.9 cm³/mol. The molecular formula is C17H25NO5. The highest BCUT2D eigenvalue weighted by molar-refractivity contribution is 5.85. The van der Waals surface area contributed by atoms with Crippen molar-refractivity contribution < 1.29 is 25.2 Å². The van der Waals surface area contributed by atoms with Gasteiger partial charge in [-0.2, -0.15) is 0 Å². The number of carbonyl (C=O) groups is 2. The zero-order chi connectivity index (χ0) is 18.2. The van der Waals surface area contributed by atoms with E-state index in [2.05, 4.69) is 5.32 Å². The van der Waals surface area contributed by atoms with Crippen LogP contribution in [0.5, 0.6) is 0 Å². The summed E-state index contributed by atoms with van der Waals surface area (Å²) in [6.07, 6.45) is -0.802. The molecule has 6 heteroatoms. The number of esters is 1. The van der Waals surface area contributed by atoms with Gasteiger partial charge in [-0.15, -0.1) is 0 Å². The van der Waals surface area contributed by atoms with Crippen molar-refractivity contribution >= 4 is 12.1 Å². The third-order valence-electron chi connectivity index (χ3n) is 2.78. The maximum Gasteiger partial charge on any atom is 0.408 e. The molecule has 0 unspecified atom stereocenters. The van der Waals surface area contributed by atoms with E-state index in [0.29, 0.717) is 0 Å². The van der Waals surface area contributed by atoms with Gasteiger partial charge in [0.25, 0.3) is 0 Å². The van der Waals surface area contributed by atoms with Crippen LogP contribution in [0.1, 0.15) is 34.6 Å². The normalized spacial score (nSPS) is 14.3. The van der Waals surface area contributed by atoms with E-state index in [1.165, 1.54) is 7.11 Å². The predicted octanol–water partition coefficient (Wildman–Crippen LogP) is 2.66. The molecule has 0 radical (unpaired) electrons. The Morgan fingerprint density at radius 2 is 1.87 bits per heavy atom. The zero-order valence-electron chi connectivity index (χ0n) is 15.0. The number of alkyl carbamates (subject to hydrolysis) is 1. The SMILES string of the molecule is [2H]C[C@@](COCc1ccccc1)(NC(=O)OC(C)(C)C)C(=O)OC. The van der Waals surface area contributed by atoms with Crippen LogP contribution in [-0.4, -0.2) is 36.9 Å². The molecule has 0 aliphatic rings. The van der Waals surface area contributed by atoms with E-state index in [4.69, 9.17) is 15.6 Å². The average molecular weight is 324 g/mol. The van der Waals surface area contributed by atoms with Crippen molar-refractivity contribution in [2.75, 3.05) is 13.7 Å². The first-order valence-electron chi connectivity index (χ1n) is 7.93. The molecule has 0 aliphatic carbocycles. The van der Waals surface area contributed by atoms with Gasteiger partial charge in [0.2, 0.25) is 0 Å². The molecule has 6 nitrogen and oxygen atoms in total. The second kappa shape index (κ2) is 7.97. The summed E-state index contributed by atoms with van der Waals surface area (Å²) in [5.41, 5.74) is -1.43. The number of carbonyl (C=O) groups excluding carboxylic acids is 2. The van der Waals surface area contributed by atoms with Crippen LogP contribution in [0.4, 0.5) is 4.79 Å². The first kappa shape index (κ1) is 17.3. The molecule has 1 rings (SSSR count). The smallest absolute Gasteiger partial charge is 0.408 e. The van der Waals surface area contributed by atoms with Crippen molar-refractivity contribution in [2.24, 2.45) is 0 Å². The van der Waals surface area contributed by atoms with Gasteiger partial charge in [-0.25, -0.2) is 9.59 Å². The maximum atomic E-state index is 12.1. The molecule has 1 aromatic rings. The highest BCUT2D eigenvalue weighted by Gasteiger charge is 2.38. The van der Waals surface area contributed by atoms with Crippen molar-refractivity contribution in [2.45, 2.75) is 45.4 Å². The summed E-state index contributed by atoms with van der Waals surface area (Å²) in [7, 11) is 1.20. The number of amides is 1. The molecular weight excluding hydrogens is 298 g/mol. The van der Waals surface area contributed by atoms with Gasteiger partial charge in [0.15, 0.2) is 5.54 Å². The van der Waals surface area contributed by atoms with E-state index >= 15 is 0 Å². The Morgan fingerprint density at radius 1 is 1.22 bits per heavy atom. The first-order chi connectivity index (χ1) is 11.2. The van der Waals surface area contributed by atoms with Gasteiger partial charge in [0.1, 0.15) is 5.60 Å². The van der Waals surface area contributed by atoms with Crippen LogP contribution in [0, 0.1) is 0 Å². The third-order valence-corrected chi connectivity index (χ3v) is 2.78. The molecule has 0 heterocycles. The Bertz CT molecular complexity index is 544. The minimum absolute atomic E-state index is 0.197. The number of hydrogen-bond acceptors (Lipinski definition) is 5.